The number of hydrogen-bond acceptors (Lipinski definition) is 3. The molecule has 0 heterocycles. The molecule has 2 rings (SSSR count). The van der Waals surface area contributed by atoms with Crippen molar-refractivity contribution < 1.29 is 18.4 Å². The summed E-state index contributed by atoms with van der Waals surface area (Å²) >= 11 is 0. The van der Waals surface area contributed by atoms with Crippen molar-refractivity contribution in [3.8, 4) is 0 Å². The molecule has 132 valence electrons. The largest absolute Gasteiger partial charge is 0.325 e. The summed E-state index contributed by atoms with van der Waals surface area (Å²) in [5.41, 5.74) is 0.950. The van der Waals surface area contributed by atoms with E-state index < -0.39 is 6.04 Å². The number of carbonyl (C=O) groups is 2. The summed E-state index contributed by atoms with van der Waals surface area (Å²) in [6, 6.07) is 10.2. The monoisotopic (exact) mass is 347 g/mol. The van der Waals surface area contributed by atoms with Crippen molar-refractivity contribution in [1.29, 1.82) is 0 Å². The second-order valence-electron chi connectivity index (χ2n) is 5.64. The van der Waals surface area contributed by atoms with Crippen molar-refractivity contribution in [3.05, 3.63) is 60.2 Å². The molecule has 5 nitrogen and oxygen atoms in total. The zero-order valence-corrected chi connectivity index (χ0v) is 13.9. The zero-order chi connectivity index (χ0) is 18.4. The van der Waals surface area contributed by atoms with Gasteiger partial charge in [-0.3, -0.25) is 14.5 Å². The van der Waals surface area contributed by atoms with Gasteiger partial charge in [-0.15, -0.1) is 0 Å². The smallest absolute Gasteiger partial charge is 0.241 e. The normalized spacial score (nSPS) is 11.9. The molecule has 0 fully saturated rings. The first kappa shape index (κ1) is 18.5. The summed E-state index contributed by atoms with van der Waals surface area (Å²) in [5, 5.41) is 5.29. The lowest BCUT2D eigenvalue weighted by atomic mass is 10.2. The molecule has 7 heteroatoms. The number of halogens is 2. The molecule has 0 unspecified atom stereocenters. The van der Waals surface area contributed by atoms with Gasteiger partial charge in [0.1, 0.15) is 11.6 Å². The van der Waals surface area contributed by atoms with Crippen LogP contribution in [0.4, 0.5) is 20.2 Å². The fraction of sp³-hybridized carbons (Fsp3) is 0.222. The molecule has 2 aromatic rings. The average Bonchev–Trinajstić information content (AvgIpc) is 2.58. The number of benzene rings is 2. The maximum Gasteiger partial charge on any atom is 0.241 e. The summed E-state index contributed by atoms with van der Waals surface area (Å²) in [6.07, 6.45) is 0. The van der Waals surface area contributed by atoms with Crippen LogP contribution in [0.3, 0.4) is 0 Å². The van der Waals surface area contributed by atoms with Crippen molar-refractivity contribution in [1.82, 2.24) is 4.90 Å². The first-order valence-electron chi connectivity index (χ1n) is 7.67. The van der Waals surface area contributed by atoms with Gasteiger partial charge in [0.2, 0.25) is 11.8 Å². The first-order valence-corrected chi connectivity index (χ1v) is 7.67. The van der Waals surface area contributed by atoms with Crippen LogP contribution in [-0.2, 0) is 9.59 Å². The molecule has 0 aromatic heterocycles. The minimum absolute atomic E-state index is 0.0185. The number of amides is 2. The van der Waals surface area contributed by atoms with E-state index in [0.717, 1.165) is 0 Å². The van der Waals surface area contributed by atoms with Crippen LogP contribution in [-0.4, -0.2) is 36.3 Å². The Bertz CT molecular complexity index is 733. The quantitative estimate of drug-likeness (QED) is 0.845. The Morgan fingerprint density at radius 2 is 1.36 bits per heavy atom. The highest BCUT2D eigenvalue weighted by Gasteiger charge is 2.20. The molecule has 1 atom stereocenters. The molecule has 0 bridgehead atoms. The number of carbonyl (C=O) groups excluding carboxylic acids is 2. The van der Waals surface area contributed by atoms with Crippen LogP contribution in [0.5, 0.6) is 0 Å². The molecule has 0 spiro atoms. The van der Waals surface area contributed by atoms with Crippen LogP contribution in [0.15, 0.2) is 48.5 Å². The van der Waals surface area contributed by atoms with E-state index in [1.54, 1.807) is 18.9 Å². The molecule has 0 radical (unpaired) electrons. The highest BCUT2D eigenvalue weighted by molar-refractivity contribution is 5.96. The van der Waals surface area contributed by atoms with Crippen LogP contribution in [0, 0.1) is 11.6 Å². The van der Waals surface area contributed by atoms with Gasteiger partial charge >= 0.3 is 0 Å². The topological polar surface area (TPSA) is 61.4 Å². The van der Waals surface area contributed by atoms with Gasteiger partial charge in [0.05, 0.1) is 12.6 Å². The number of hydrogen-bond donors (Lipinski definition) is 2. The maximum atomic E-state index is 12.9. The molecule has 2 N–H and O–H groups in total. The van der Waals surface area contributed by atoms with Gasteiger partial charge in [-0.1, -0.05) is 0 Å². The zero-order valence-electron chi connectivity index (χ0n) is 13.9. The SMILES string of the molecule is C[C@H](C(=O)Nc1ccc(F)cc1)N(C)CC(=O)Nc1ccc(F)cc1. The van der Waals surface area contributed by atoms with Gasteiger partial charge in [-0.2, -0.15) is 0 Å². The van der Waals surface area contributed by atoms with Gasteiger partial charge in [0.15, 0.2) is 0 Å². The summed E-state index contributed by atoms with van der Waals surface area (Å²) in [7, 11) is 1.64. The van der Waals surface area contributed by atoms with Crippen LogP contribution in [0.2, 0.25) is 0 Å². The Balaban J connectivity index is 1.86. The molecule has 0 aliphatic heterocycles. The van der Waals surface area contributed by atoms with E-state index in [-0.39, 0.29) is 30.0 Å². The predicted octanol–water partition coefficient (Wildman–Crippen LogP) is 2.86. The Morgan fingerprint density at radius 1 is 0.920 bits per heavy atom. The first-order chi connectivity index (χ1) is 11.8. The van der Waals surface area contributed by atoms with Gasteiger partial charge < -0.3 is 10.6 Å². The van der Waals surface area contributed by atoms with E-state index in [1.807, 2.05) is 0 Å². The lowest BCUT2D eigenvalue weighted by molar-refractivity contribution is -0.122. The summed E-state index contributed by atoms with van der Waals surface area (Å²) in [5.74, 6) is -1.42. The van der Waals surface area contributed by atoms with Gasteiger partial charge in [-0.05, 0) is 62.5 Å². The number of likely N-dealkylation sites (N-methyl/N-ethyl adjacent to an activating group) is 1. The molecular weight excluding hydrogens is 328 g/mol. The molecule has 0 saturated heterocycles. The highest BCUT2D eigenvalue weighted by Crippen LogP contribution is 2.11. The van der Waals surface area contributed by atoms with Crippen LogP contribution >= 0.6 is 0 Å². The fourth-order valence-corrected chi connectivity index (χ4v) is 2.08. The van der Waals surface area contributed by atoms with Crippen molar-refractivity contribution in [2.45, 2.75) is 13.0 Å². The molecule has 2 amide bonds. The van der Waals surface area contributed by atoms with Crippen LogP contribution < -0.4 is 10.6 Å². The Labute approximate surface area is 144 Å². The van der Waals surface area contributed by atoms with Gasteiger partial charge in [0, 0.05) is 11.4 Å². The van der Waals surface area contributed by atoms with Crippen molar-refractivity contribution in [2.24, 2.45) is 0 Å². The molecule has 0 aliphatic carbocycles. The molecule has 0 saturated carbocycles. The Hall–Kier alpha value is -2.80. The average molecular weight is 347 g/mol. The Kier molecular flexibility index (Phi) is 6.19. The number of anilines is 2. The third-order valence-corrected chi connectivity index (χ3v) is 3.67. The van der Waals surface area contributed by atoms with E-state index >= 15 is 0 Å². The lowest BCUT2D eigenvalue weighted by Crippen LogP contribution is -2.43. The standard InChI is InChI=1S/C18H19F2N3O2/c1-12(18(25)22-16-9-5-14(20)6-10-16)23(2)11-17(24)21-15-7-3-13(19)4-8-15/h3-10,12H,11H2,1-2H3,(H,21,24)(H,22,25)/t12-/m1/s1. The maximum absolute atomic E-state index is 12.9. The predicted molar refractivity (Wildman–Crippen MR) is 92.2 cm³/mol. The molecular formula is C18H19F2N3O2. The van der Waals surface area contributed by atoms with E-state index in [9.17, 15) is 18.4 Å². The minimum atomic E-state index is -0.580. The highest BCUT2D eigenvalue weighted by atomic mass is 19.1. The molecule has 0 aliphatic rings. The van der Waals surface area contributed by atoms with E-state index in [1.165, 1.54) is 48.5 Å². The van der Waals surface area contributed by atoms with Gasteiger partial charge in [0.25, 0.3) is 0 Å². The molecule has 2 aromatic carbocycles. The number of nitrogens with one attached hydrogen (secondary N) is 2. The van der Waals surface area contributed by atoms with E-state index in [0.29, 0.717) is 11.4 Å². The van der Waals surface area contributed by atoms with Crippen LogP contribution in [0.1, 0.15) is 6.92 Å². The Morgan fingerprint density at radius 3 is 1.84 bits per heavy atom. The van der Waals surface area contributed by atoms with Crippen molar-refractivity contribution in [2.75, 3.05) is 24.2 Å². The van der Waals surface area contributed by atoms with Gasteiger partial charge in [-0.25, -0.2) is 8.78 Å². The minimum Gasteiger partial charge on any atom is -0.325 e. The summed E-state index contributed by atoms with van der Waals surface area (Å²) in [6.45, 7) is 1.64. The third-order valence-electron chi connectivity index (χ3n) is 3.67. The summed E-state index contributed by atoms with van der Waals surface area (Å²) < 4.78 is 25.7. The number of nitrogens with zero attached hydrogens (tertiary/aromatic N) is 1. The van der Waals surface area contributed by atoms with Crippen molar-refractivity contribution >= 4 is 23.2 Å². The second-order valence-corrected chi connectivity index (χ2v) is 5.64. The van der Waals surface area contributed by atoms with E-state index in [4.69, 9.17) is 0 Å². The molecule has 25 heavy (non-hydrogen) atoms. The van der Waals surface area contributed by atoms with Crippen molar-refractivity contribution in [3.63, 3.8) is 0 Å². The third kappa shape index (κ3) is 5.65. The fourth-order valence-electron chi connectivity index (χ4n) is 2.08. The lowest BCUT2D eigenvalue weighted by Gasteiger charge is -2.23. The number of rotatable bonds is 6. The van der Waals surface area contributed by atoms with E-state index in [2.05, 4.69) is 10.6 Å². The second kappa shape index (κ2) is 8.34. The van der Waals surface area contributed by atoms with Crippen LogP contribution in [0.25, 0.3) is 0 Å². The summed E-state index contributed by atoms with van der Waals surface area (Å²) in [4.78, 5) is 25.8.